The number of benzene rings is 2. The molecule has 0 saturated carbocycles. The molecule has 2 N–H and O–H groups in total. The Hall–Kier alpha value is -3.20. The molecule has 0 atom stereocenters. The van der Waals surface area contributed by atoms with Gasteiger partial charge in [0.1, 0.15) is 10.7 Å². The normalized spacial score (nSPS) is 11.0. The maximum atomic E-state index is 12.6. The second kappa shape index (κ2) is 9.95. The molecule has 0 aliphatic rings. The minimum atomic E-state index is -0.171. The maximum absolute atomic E-state index is 12.6. The van der Waals surface area contributed by atoms with Crippen molar-refractivity contribution in [3.63, 3.8) is 0 Å². The molecule has 162 valence electrons. The van der Waals surface area contributed by atoms with E-state index < -0.39 is 0 Å². The molecule has 4 aromatic rings. The highest BCUT2D eigenvalue weighted by Gasteiger charge is 2.17. The molecule has 0 saturated heterocycles. The van der Waals surface area contributed by atoms with Gasteiger partial charge in [0.2, 0.25) is 5.13 Å². The number of thiazole rings is 1. The number of hydrogen-bond acceptors (Lipinski definition) is 7. The standard InChI is InChI=1S/C23H20ClN5OS2/c1-29(2)18-11-5-15(6-12-18)14-25-28-23-26-20(16-7-9-17(24)10-8-16)22(32-23)27-21(30)19-4-3-13-31-19/h3-14H,1-2H3,(H,26,28)(H,27,30). The van der Waals surface area contributed by atoms with E-state index in [4.69, 9.17) is 11.6 Å². The average Bonchev–Trinajstić information content (AvgIpc) is 3.45. The minimum Gasteiger partial charge on any atom is -0.378 e. The van der Waals surface area contributed by atoms with E-state index in [1.807, 2.05) is 66.8 Å². The lowest BCUT2D eigenvalue weighted by Gasteiger charge is -2.11. The average molecular weight is 482 g/mol. The largest absolute Gasteiger partial charge is 0.378 e. The lowest BCUT2D eigenvalue weighted by Crippen LogP contribution is -2.09. The first kappa shape index (κ1) is 22.0. The van der Waals surface area contributed by atoms with Crippen LogP contribution in [0.4, 0.5) is 15.8 Å². The number of rotatable bonds is 7. The summed E-state index contributed by atoms with van der Waals surface area (Å²) in [6.45, 7) is 0. The Balaban J connectivity index is 1.55. The molecule has 1 amide bonds. The highest BCUT2D eigenvalue weighted by Crippen LogP contribution is 2.36. The van der Waals surface area contributed by atoms with Crippen LogP contribution in [0.3, 0.4) is 0 Å². The number of halogens is 1. The lowest BCUT2D eigenvalue weighted by atomic mass is 10.1. The molecule has 0 spiro atoms. The van der Waals surface area contributed by atoms with E-state index in [9.17, 15) is 4.79 Å². The Labute approximate surface area is 199 Å². The molecule has 0 unspecified atom stereocenters. The van der Waals surface area contributed by atoms with Crippen molar-refractivity contribution in [2.45, 2.75) is 0 Å². The van der Waals surface area contributed by atoms with E-state index in [0.717, 1.165) is 16.8 Å². The van der Waals surface area contributed by atoms with Crippen molar-refractivity contribution >= 4 is 62.2 Å². The van der Waals surface area contributed by atoms with Crippen molar-refractivity contribution in [1.29, 1.82) is 0 Å². The van der Waals surface area contributed by atoms with E-state index in [1.54, 1.807) is 24.4 Å². The number of nitrogens with one attached hydrogen (secondary N) is 2. The van der Waals surface area contributed by atoms with Crippen LogP contribution in [0, 0.1) is 0 Å². The Morgan fingerprint density at radius 2 is 1.84 bits per heavy atom. The van der Waals surface area contributed by atoms with Gasteiger partial charge in [-0.25, -0.2) is 4.98 Å². The van der Waals surface area contributed by atoms with Crippen LogP contribution in [-0.2, 0) is 0 Å². The van der Waals surface area contributed by atoms with E-state index in [-0.39, 0.29) is 5.91 Å². The third kappa shape index (κ3) is 5.34. The van der Waals surface area contributed by atoms with Crippen LogP contribution in [0.5, 0.6) is 0 Å². The van der Waals surface area contributed by atoms with Crippen LogP contribution in [-0.4, -0.2) is 31.2 Å². The predicted molar refractivity (Wildman–Crippen MR) is 137 cm³/mol. The number of thiophene rings is 1. The number of carbonyl (C=O) groups excluding carboxylic acids is 1. The summed E-state index contributed by atoms with van der Waals surface area (Å²) in [5.41, 5.74) is 6.56. The number of amides is 1. The van der Waals surface area contributed by atoms with Crippen molar-refractivity contribution in [2.24, 2.45) is 5.10 Å². The minimum absolute atomic E-state index is 0.171. The fourth-order valence-corrected chi connectivity index (χ4v) is 4.43. The van der Waals surface area contributed by atoms with Crippen LogP contribution < -0.4 is 15.6 Å². The molecule has 9 heteroatoms. The molecule has 2 aromatic carbocycles. The fourth-order valence-electron chi connectivity index (χ4n) is 2.85. The summed E-state index contributed by atoms with van der Waals surface area (Å²) in [6, 6.07) is 19.0. The molecular formula is C23H20ClN5OS2. The summed E-state index contributed by atoms with van der Waals surface area (Å²) in [6.07, 6.45) is 1.73. The lowest BCUT2D eigenvalue weighted by molar-refractivity contribution is 0.103. The first-order valence-corrected chi connectivity index (χ1v) is 11.7. The molecule has 0 fully saturated rings. The van der Waals surface area contributed by atoms with Crippen LogP contribution in [0.2, 0.25) is 5.02 Å². The zero-order valence-corrected chi connectivity index (χ0v) is 19.8. The van der Waals surface area contributed by atoms with E-state index >= 15 is 0 Å². The summed E-state index contributed by atoms with van der Waals surface area (Å²) in [5, 5.41) is 11.0. The predicted octanol–water partition coefficient (Wildman–Crippen LogP) is 6.29. The molecule has 0 aliphatic carbocycles. The summed E-state index contributed by atoms with van der Waals surface area (Å²) in [5.74, 6) is -0.171. The molecule has 0 radical (unpaired) electrons. The Kier molecular flexibility index (Phi) is 6.84. The van der Waals surface area contributed by atoms with Crippen LogP contribution in [0.1, 0.15) is 15.2 Å². The van der Waals surface area contributed by atoms with E-state index in [2.05, 4.69) is 20.8 Å². The second-order valence-corrected chi connectivity index (χ2v) is 9.37. The third-order valence-electron chi connectivity index (χ3n) is 4.50. The summed E-state index contributed by atoms with van der Waals surface area (Å²) >= 11 is 8.74. The summed E-state index contributed by atoms with van der Waals surface area (Å²) in [4.78, 5) is 19.9. The van der Waals surface area contributed by atoms with Gasteiger partial charge < -0.3 is 10.2 Å². The molecular weight excluding hydrogens is 462 g/mol. The molecule has 2 aromatic heterocycles. The quantitative estimate of drug-likeness (QED) is 0.240. The third-order valence-corrected chi connectivity index (χ3v) is 6.50. The maximum Gasteiger partial charge on any atom is 0.266 e. The van der Waals surface area contributed by atoms with Crippen molar-refractivity contribution in [2.75, 3.05) is 29.7 Å². The van der Waals surface area contributed by atoms with Gasteiger partial charge in [-0.1, -0.05) is 53.3 Å². The first-order chi connectivity index (χ1) is 15.5. The summed E-state index contributed by atoms with van der Waals surface area (Å²) in [7, 11) is 4.00. The van der Waals surface area contributed by atoms with Crippen LogP contribution in [0.25, 0.3) is 11.3 Å². The van der Waals surface area contributed by atoms with Gasteiger partial charge in [0.15, 0.2) is 0 Å². The van der Waals surface area contributed by atoms with Gasteiger partial charge in [0, 0.05) is 30.4 Å². The molecule has 2 heterocycles. The van der Waals surface area contributed by atoms with Crippen molar-refractivity contribution < 1.29 is 4.79 Å². The summed E-state index contributed by atoms with van der Waals surface area (Å²) < 4.78 is 0. The van der Waals surface area contributed by atoms with Crippen molar-refractivity contribution in [3.8, 4) is 11.3 Å². The number of carbonyl (C=O) groups is 1. The monoisotopic (exact) mass is 481 g/mol. The number of nitrogens with zero attached hydrogens (tertiary/aromatic N) is 3. The second-order valence-electron chi connectivity index (χ2n) is 6.99. The highest BCUT2D eigenvalue weighted by atomic mass is 35.5. The van der Waals surface area contributed by atoms with Gasteiger partial charge in [-0.15, -0.1) is 11.3 Å². The molecule has 6 nitrogen and oxygen atoms in total. The fraction of sp³-hybridized carbons (Fsp3) is 0.0870. The number of aromatic nitrogens is 1. The van der Waals surface area contributed by atoms with Crippen LogP contribution >= 0.6 is 34.3 Å². The number of anilines is 3. The van der Waals surface area contributed by atoms with Crippen molar-refractivity contribution in [1.82, 2.24) is 4.98 Å². The van der Waals surface area contributed by atoms with Gasteiger partial charge >= 0.3 is 0 Å². The molecule has 4 rings (SSSR count). The van der Waals surface area contributed by atoms with E-state index in [1.165, 1.54) is 22.7 Å². The Morgan fingerprint density at radius 3 is 2.50 bits per heavy atom. The number of hydrazone groups is 1. The molecule has 32 heavy (non-hydrogen) atoms. The topological polar surface area (TPSA) is 69.6 Å². The van der Waals surface area contributed by atoms with Gasteiger partial charge in [0.05, 0.1) is 11.1 Å². The molecule has 0 bridgehead atoms. The Morgan fingerprint density at radius 1 is 1.09 bits per heavy atom. The van der Waals surface area contributed by atoms with E-state index in [0.29, 0.717) is 25.7 Å². The van der Waals surface area contributed by atoms with Gasteiger partial charge in [-0.3, -0.25) is 10.2 Å². The number of hydrogen-bond donors (Lipinski definition) is 2. The highest BCUT2D eigenvalue weighted by molar-refractivity contribution is 7.20. The molecule has 0 aliphatic heterocycles. The van der Waals surface area contributed by atoms with Gasteiger partial charge in [0.25, 0.3) is 5.91 Å². The van der Waals surface area contributed by atoms with Gasteiger partial charge in [-0.05, 0) is 41.3 Å². The SMILES string of the molecule is CN(C)c1ccc(C=NNc2nc(-c3ccc(Cl)cc3)c(NC(=O)c3cccs3)s2)cc1. The van der Waals surface area contributed by atoms with Gasteiger partial charge in [-0.2, -0.15) is 5.10 Å². The van der Waals surface area contributed by atoms with Crippen LogP contribution in [0.15, 0.2) is 71.1 Å². The Bertz CT molecular complexity index is 1220. The first-order valence-electron chi connectivity index (χ1n) is 9.67. The zero-order chi connectivity index (χ0) is 22.5. The van der Waals surface area contributed by atoms with Crippen molar-refractivity contribution in [3.05, 3.63) is 81.5 Å². The smallest absolute Gasteiger partial charge is 0.266 e. The zero-order valence-electron chi connectivity index (χ0n) is 17.4.